The second kappa shape index (κ2) is 7.85. The number of hydrogen-bond acceptors (Lipinski definition) is 5. The second-order valence-corrected chi connectivity index (χ2v) is 4.95. The van der Waals surface area contributed by atoms with Gasteiger partial charge in [-0.1, -0.05) is 19.9 Å². The lowest BCUT2D eigenvalue weighted by molar-refractivity contribution is -0.384. The van der Waals surface area contributed by atoms with Gasteiger partial charge in [0, 0.05) is 19.5 Å². The zero-order valence-electron chi connectivity index (χ0n) is 12.0. The molecule has 0 unspecified atom stereocenters. The molecule has 0 spiro atoms. The number of carbonyl (C=O) groups is 1. The summed E-state index contributed by atoms with van der Waals surface area (Å²) in [5.41, 5.74) is -0.0208. The third-order valence-electron chi connectivity index (χ3n) is 2.71. The zero-order valence-corrected chi connectivity index (χ0v) is 12.0. The molecule has 1 aromatic carbocycles. The summed E-state index contributed by atoms with van der Waals surface area (Å²) >= 11 is 0. The van der Waals surface area contributed by atoms with Crippen LogP contribution < -0.4 is 10.6 Å². The minimum atomic E-state index is -0.597. The Morgan fingerprint density at radius 3 is 2.76 bits per heavy atom. The van der Waals surface area contributed by atoms with Crippen LogP contribution in [0.2, 0.25) is 0 Å². The summed E-state index contributed by atoms with van der Waals surface area (Å²) in [7, 11) is 0. The first-order valence-corrected chi connectivity index (χ1v) is 6.63. The highest BCUT2D eigenvalue weighted by atomic mass is 16.6. The summed E-state index contributed by atoms with van der Waals surface area (Å²) in [4.78, 5) is 22.0. The number of rotatable bonds is 7. The Labute approximate surface area is 123 Å². The van der Waals surface area contributed by atoms with Crippen LogP contribution in [0.4, 0.5) is 11.4 Å². The number of nitro benzene ring substituents is 1. The van der Waals surface area contributed by atoms with Crippen molar-refractivity contribution in [1.82, 2.24) is 5.32 Å². The topological polar surface area (TPSA) is 108 Å². The summed E-state index contributed by atoms with van der Waals surface area (Å²) in [6.07, 6.45) is 0.209. The van der Waals surface area contributed by atoms with E-state index < -0.39 is 4.92 Å². The maximum atomic E-state index is 11.5. The number of para-hydroxylation sites is 1. The van der Waals surface area contributed by atoms with Crippen LogP contribution in [0.15, 0.2) is 18.2 Å². The molecule has 21 heavy (non-hydrogen) atoms. The van der Waals surface area contributed by atoms with Gasteiger partial charge in [-0.2, -0.15) is 5.26 Å². The van der Waals surface area contributed by atoms with Gasteiger partial charge in [-0.05, 0) is 18.1 Å². The summed E-state index contributed by atoms with van der Waals surface area (Å²) in [6, 6.07) is 6.26. The maximum absolute atomic E-state index is 11.5. The highest BCUT2D eigenvalue weighted by Gasteiger charge is 2.19. The fourth-order valence-electron chi connectivity index (χ4n) is 1.69. The molecular formula is C14H18N4O3. The van der Waals surface area contributed by atoms with Gasteiger partial charge in [-0.3, -0.25) is 14.9 Å². The minimum absolute atomic E-state index is 0.00532. The molecule has 112 valence electrons. The lowest BCUT2D eigenvalue weighted by Crippen LogP contribution is -2.28. The Hall–Kier alpha value is -2.62. The van der Waals surface area contributed by atoms with Crippen LogP contribution in [-0.2, 0) is 4.79 Å². The zero-order chi connectivity index (χ0) is 15.8. The first-order chi connectivity index (χ1) is 9.95. The van der Waals surface area contributed by atoms with Crippen LogP contribution in [0.5, 0.6) is 0 Å². The fraction of sp³-hybridized carbons (Fsp3) is 0.429. The Morgan fingerprint density at radius 2 is 2.19 bits per heavy atom. The van der Waals surface area contributed by atoms with Gasteiger partial charge in [0.05, 0.1) is 4.92 Å². The van der Waals surface area contributed by atoms with E-state index in [0.29, 0.717) is 12.5 Å². The Morgan fingerprint density at radius 1 is 1.48 bits per heavy atom. The van der Waals surface area contributed by atoms with Crippen molar-refractivity contribution in [3.8, 4) is 6.07 Å². The molecule has 0 fully saturated rings. The van der Waals surface area contributed by atoms with E-state index in [2.05, 4.69) is 10.6 Å². The van der Waals surface area contributed by atoms with Gasteiger partial charge >= 0.3 is 5.69 Å². The van der Waals surface area contributed by atoms with E-state index in [1.807, 2.05) is 13.8 Å². The monoisotopic (exact) mass is 290 g/mol. The average molecular weight is 290 g/mol. The van der Waals surface area contributed by atoms with Crippen LogP contribution in [0, 0.1) is 27.4 Å². The Kier molecular flexibility index (Phi) is 6.14. The molecule has 0 aliphatic rings. The number of nitro groups is 1. The predicted octanol–water partition coefficient (Wildman–Crippen LogP) is 2.04. The van der Waals surface area contributed by atoms with Crippen LogP contribution >= 0.6 is 0 Å². The van der Waals surface area contributed by atoms with Crippen molar-refractivity contribution in [2.75, 3.05) is 18.4 Å². The van der Waals surface area contributed by atoms with Gasteiger partial charge in [0.1, 0.15) is 17.3 Å². The molecule has 0 aromatic heterocycles. The first-order valence-electron chi connectivity index (χ1n) is 6.63. The lowest BCUT2D eigenvalue weighted by atomic mass is 10.1. The standard InChI is InChI=1S/C14H18N4O3/c1-10(2)9-17-13(19)6-7-16-12-5-3-4-11(8-15)14(12)18(20)21/h3-5,10,16H,6-7,9H2,1-2H3,(H,17,19). The van der Waals surface area contributed by atoms with E-state index >= 15 is 0 Å². The van der Waals surface area contributed by atoms with E-state index in [1.54, 1.807) is 12.1 Å². The number of carbonyl (C=O) groups excluding carboxylic acids is 1. The van der Waals surface area contributed by atoms with Crippen LogP contribution in [-0.4, -0.2) is 23.9 Å². The van der Waals surface area contributed by atoms with E-state index in [0.717, 1.165) is 0 Å². The molecule has 0 radical (unpaired) electrons. The highest BCUT2D eigenvalue weighted by molar-refractivity contribution is 5.77. The predicted molar refractivity (Wildman–Crippen MR) is 78.8 cm³/mol. The number of nitrogens with zero attached hydrogens (tertiary/aromatic N) is 2. The van der Waals surface area contributed by atoms with Crippen LogP contribution in [0.3, 0.4) is 0 Å². The number of benzene rings is 1. The molecule has 1 rings (SSSR count). The van der Waals surface area contributed by atoms with Gasteiger partial charge < -0.3 is 10.6 Å². The number of anilines is 1. The van der Waals surface area contributed by atoms with Crippen molar-refractivity contribution in [2.45, 2.75) is 20.3 Å². The Bertz CT molecular complexity index is 564. The first kappa shape index (κ1) is 16.4. The smallest absolute Gasteiger partial charge is 0.309 e. The number of amides is 1. The molecule has 2 N–H and O–H groups in total. The summed E-state index contributed by atoms with van der Waals surface area (Å²) in [5, 5.41) is 25.5. The van der Waals surface area contributed by atoms with Crippen LogP contribution in [0.1, 0.15) is 25.8 Å². The summed E-state index contributed by atoms with van der Waals surface area (Å²) < 4.78 is 0. The molecule has 0 saturated heterocycles. The number of hydrogen-bond donors (Lipinski definition) is 2. The van der Waals surface area contributed by atoms with Gasteiger partial charge in [-0.15, -0.1) is 0 Å². The van der Waals surface area contributed by atoms with Crippen LogP contribution in [0.25, 0.3) is 0 Å². The average Bonchev–Trinajstić information content (AvgIpc) is 2.44. The van der Waals surface area contributed by atoms with Gasteiger partial charge in [0.15, 0.2) is 0 Å². The SMILES string of the molecule is CC(C)CNC(=O)CCNc1cccc(C#N)c1[N+](=O)[O-]. The van der Waals surface area contributed by atoms with E-state index in [9.17, 15) is 14.9 Å². The van der Waals surface area contributed by atoms with E-state index in [1.165, 1.54) is 12.1 Å². The molecule has 1 aromatic rings. The molecule has 7 nitrogen and oxygen atoms in total. The van der Waals surface area contributed by atoms with E-state index in [-0.39, 0.29) is 35.8 Å². The third kappa shape index (κ3) is 5.10. The van der Waals surface area contributed by atoms with Crippen molar-refractivity contribution in [2.24, 2.45) is 5.92 Å². The van der Waals surface area contributed by atoms with Gasteiger partial charge in [0.2, 0.25) is 5.91 Å². The number of nitrogens with one attached hydrogen (secondary N) is 2. The molecule has 0 aliphatic carbocycles. The molecule has 0 aliphatic heterocycles. The third-order valence-corrected chi connectivity index (χ3v) is 2.71. The fourth-order valence-corrected chi connectivity index (χ4v) is 1.69. The molecule has 0 atom stereocenters. The molecule has 0 saturated carbocycles. The second-order valence-electron chi connectivity index (χ2n) is 4.95. The number of nitriles is 1. The van der Waals surface area contributed by atoms with Crippen molar-refractivity contribution >= 4 is 17.3 Å². The van der Waals surface area contributed by atoms with Crippen molar-refractivity contribution in [1.29, 1.82) is 5.26 Å². The van der Waals surface area contributed by atoms with Crippen molar-refractivity contribution in [3.63, 3.8) is 0 Å². The van der Waals surface area contributed by atoms with Crippen molar-refractivity contribution < 1.29 is 9.72 Å². The summed E-state index contributed by atoms with van der Waals surface area (Å²) in [6.45, 7) is 4.85. The quantitative estimate of drug-likeness (QED) is 0.590. The lowest BCUT2D eigenvalue weighted by Gasteiger charge is -2.09. The van der Waals surface area contributed by atoms with Crippen molar-refractivity contribution in [3.05, 3.63) is 33.9 Å². The molecular weight excluding hydrogens is 272 g/mol. The van der Waals surface area contributed by atoms with Gasteiger partial charge in [-0.25, -0.2) is 0 Å². The summed E-state index contributed by atoms with van der Waals surface area (Å²) in [5.74, 6) is 0.255. The minimum Gasteiger partial charge on any atom is -0.379 e. The maximum Gasteiger partial charge on any atom is 0.309 e. The van der Waals surface area contributed by atoms with E-state index in [4.69, 9.17) is 5.26 Å². The molecule has 7 heteroatoms. The molecule has 0 heterocycles. The molecule has 0 bridgehead atoms. The Balaban J connectivity index is 2.62. The largest absolute Gasteiger partial charge is 0.379 e. The molecule has 1 amide bonds. The normalized spacial score (nSPS) is 10.0. The van der Waals surface area contributed by atoms with Gasteiger partial charge in [0.25, 0.3) is 0 Å². The highest BCUT2D eigenvalue weighted by Crippen LogP contribution is 2.27.